The molecule has 2 N–H and O–H groups in total. The minimum atomic E-state index is -0.249. The van der Waals surface area contributed by atoms with Crippen molar-refractivity contribution in [3.63, 3.8) is 0 Å². The summed E-state index contributed by atoms with van der Waals surface area (Å²) in [6.07, 6.45) is 2.19. The minimum absolute atomic E-state index is 0.0357. The third kappa shape index (κ3) is 3.85. The summed E-state index contributed by atoms with van der Waals surface area (Å²) in [4.78, 5) is 11.8. The average molecular weight is 283 g/mol. The van der Waals surface area contributed by atoms with Crippen LogP contribution in [0.15, 0.2) is 18.2 Å². The van der Waals surface area contributed by atoms with Gasteiger partial charge in [0.25, 0.3) is 0 Å². The van der Waals surface area contributed by atoms with Crippen LogP contribution in [0, 0.1) is 0 Å². The third-order valence-corrected chi connectivity index (χ3v) is 3.55. The van der Waals surface area contributed by atoms with E-state index in [0.717, 1.165) is 24.2 Å². The Balaban J connectivity index is 1.92. The normalized spacial score (nSPS) is 15.9. The Morgan fingerprint density at radius 3 is 2.89 bits per heavy atom. The zero-order chi connectivity index (χ0) is 13.8. The van der Waals surface area contributed by atoms with Gasteiger partial charge in [-0.2, -0.15) is 0 Å². The monoisotopic (exact) mass is 282 g/mol. The van der Waals surface area contributed by atoms with Gasteiger partial charge in [-0.05, 0) is 31.9 Å². The van der Waals surface area contributed by atoms with Crippen molar-refractivity contribution in [2.24, 2.45) is 0 Å². The number of ether oxygens (including phenoxy) is 1. The van der Waals surface area contributed by atoms with Crippen LogP contribution in [0.4, 0.5) is 0 Å². The van der Waals surface area contributed by atoms with Gasteiger partial charge in [0.2, 0.25) is 5.91 Å². The molecule has 1 fully saturated rings. The summed E-state index contributed by atoms with van der Waals surface area (Å²) in [7, 11) is 1.61. The smallest absolute Gasteiger partial charge is 0.237 e. The molecule has 1 aliphatic rings. The van der Waals surface area contributed by atoms with E-state index in [1.165, 1.54) is 0 Å². The lowest BCUT2D eigenvalue weighted by Gasteiger charge is -2.16. The van der Waals surface area contributed by atoms with Crippen molar-refractivity contribution in [1.82, 2.24) is 10.6 Å². The first-order valence-corrected chi connectivity index (χ1v) is 6.84. The number of halogens is 1. The number of carbonyl (C=O) groups is 1. The molecular weight excluding hydrogens is 264 g/mol. The van der Waals surface area contributed by atoms with E-state index in [9.17, 15) is 4.79 Å². The van der Waals surface area contributed by atoms with Gasteiger partial charge >= 0.3 is 0 Å². The van der Waals surface area contributed by atoms with Crippen LogP contribution in [0.5, 0.6) is 5.75 Å². The van der Waals surface area contributed by atoms with Crippen molar-refractivity contribution in [1.29, 1.82) is 0 Å². The maximum atomic E-state index is 11.8. The molecule has 2 rings (SSSR count). The van der Waals surface area contributed by atoms with E-state index in [1.807, 2.05) is 25.1 Å². The quantitative estimate of drug-likeness (QED) is 0.840. The van der Waals surface area contributed by atoms with Crippen LogP contribution >= 0.6 is 11.6 Å². The molecule has 1 saturated carbocycles. The third-order valence-electron chi connectivity index (χ3n) is 3.20. The van der Waals surface area contributed by atoms with Crippen LogP contribution in [0.2, 0.25) is 5.02 Å². The van der Waals surface area contributed by atoms with Crippen LogP contribution in [-0.4, -0.2) is 25.1 Å². The Kier molecular flexibility index (Phi) is 4.66. The molecule has 19 heavy (non-hydrogen) atoms. The highest BCUT2D eigenvalue weighted by Gasteiger charge is 2.25. The second kappa shape index (κ2) is 6.26. The van der Waals surface area contributed by atoms with Gasteiger partial charge in [-0.1, -0.05) is 17.7 Å². The summed E-state index contributed by atoms with van der Waals surface area (Å²) >= 11 is 6.14. The largest absolute Gasteiger partial charge is 0.496 e. The van der Waals surface area contributed by atoms with Crippen LogP contribution in [-0.2, 0) is 11.3 Å². The first kappa shape index (κ1) is 14.2. The van der Waals surface area contributed by atoms with Crippen LogP contribution in [0.3, 0.4) is 0 Å². The summed E-state index contributed by atoms with van der Waals surface area (Å²) in [6, 6.07) is 5.65. The van der Waals surface area contributed by atoms with Gasteiger partial charge in [0.15, 0.2) is 0 Å². The Morgan fingerprint density at radius 1 is 1.53 bits per heavy atom. The number of nitrogens with one attached hydrogen (secondary N) is 2. The van der Waals surface area contributed by atoms with Gasteiger partial charge in [-0.3, -0.25) is 4.79 Å². The molecule has 1 unspecified atom stereocenters. The molecular formula is C14H19ClN2O2. The zero-order valence-electron chi connectivity index (χ0n) is 11.2. The van der Waals surface area contributed by atoms with Crippen LogP contribution in [0.1, 0.15) is 25.3 Å². The Morgan fingerprint density at radius 2 is 2.26 bits per heavy atom. The van der Waals surface area contributed by atoms with Gasteiger partial charge < -0.3 is 15.4 Å². The molecule has 4 nitrogen and oxygen atoms in total. The number of carbonyl (C=O) groups excluding carboxylic acids is 1. The molecule has 0 saturated heterocycles. The Labute approximate surface area is 118 Å². The van der Waals surface area contributed by atoms with E-state index in [4.69, 9.17) is 16.3 Å². The standard InChI is InChI=1S/C14H19ClN2O2/c1-9(14(18)17-10-6-7-10)16-8-11-12(15)4-3-5-13(11)19-2/h3-5,9-10,16H,6-8H2,1-2H3,(H,17,18). The molecule has 1 atom stereocenters. The second-order valence-corrected chi connectivity index (χ2v) is 5.21. The summed E-state index contributed by atoms with van der Waals surface area (Å²) in [6.45, 7) is 2.35. The van der Waals surface area contributed by atoms with Crippen molar-refractivity contribution in [2.45, 2.75) is 38.4 Å². The van der Waals surface area contributed by atoms with Gasteiger partial charge in [0.05, 0.1) is 13.2 Å². The predicted molar refractivity (Wildman–Crippen MR) is 75.5 cm³/mol. The molecule has 104 valence electrons. The number of hydrogen-bond donors (Lipinski definition) is 2. The highest BCUT2D eigenvalue weighted by molar-refractivity contribution is 6.31. The zero-order valence-corrected chi connectivity index (χ0v) is 12.0. The molecule has 1 amide bonds. The van der Waals surface area contributed by atoms with E-state index in [2.05, 4.69) is 10.6 Å². The number of methoxy groups -OCH3 is 1. The topological polar surface area (TPSA) is 50.4 Å². The van der Waals surface area contributed by atoms with E-state index in [-0.39, 0.29) is 11.9 Å². The lowest BCUT2D eigenvalue weighted by Crippen LogP contribution is -2.42. The fraction of sp³-hybridized carbons (Fsp3) is 0.500. The predicted octanol–water partition coefficient (Wildman–Crippen LogP) is 2.11. The molecule has 5 heteroatoms. The number of hydrogen-bond acceptors (Lipinski definition) is 3. The fourth-order valence-electron chi connectivity index (χ4n) is 1.80. The second-order valence-electron chi connectivity index (χ2n) is 4.81. The summed E-state index contributed by atoms with van der Waals surface area (Å²) in [5.41, 5.74) is 0.873. The molecule has 0 spiro atoms. The Hall–Kier alpha value is -1.26. The number of rotatable bonds is 6. The number of benzene rings is 1. The summed E-state index contributed by atoms with van der Waals surface area (Å²) in [5.74, 6) is 0.767. The van der Waals surface area contributed by atoms with E-state index in [0.29, 0.717) is 17.6 Å². The molecule has 0 radical (unpaired) electrons. The van der Waals surface area contributed by atoms with Gasteiger partial charge in [-0.15, -0.1) is 0 Å². The van der Waals surface area contributed by atoms with E-state index >= 15 is 0 Å². The van der Waals surface area contributed by atoms with Crippen molar-refractivity contribution in [3.8, 4) is 5.75 Å². The summed E-state index contributed by atoms with van der Waals surface area (Å²) < 4.78 is 5.27. The van der Waals surface area contributed by atoms with Crippen molar-refractivity contribution >= 4 is 17.5 Å². The molecule has 0 aliphatic heterocycles. The molecule has 1 aromatic carbocycles. The lowest BCUT2D eigenvalue weighted by molar-refractivity contribution is -0.122. The fourth-order valence-corrected chi connectivity index (χ4v) is 2.04. The van der Waals surface area contributed by atoms with E-state index < -0.39 is 0 Å². The molecule has 1 aliphatic carbocycles. The summed E-state index contributed by atoms with van der Waals surface area (Å²) in [5, 5.41) is 6.78. The van der Waals surface area contributed by atoms with Crippen molar-refractivity contribution < 1.29 is 9.53 Å². The van der Waals surface area contributed by atoms with Crippen molar-refractivity contribution in [3.05, 3.63) is 28.8 Å². The maximum Gasteiger partial charge on any atom is 0.237 e. The maximum absolute atomic E-state index is 11.8. The van der Waals surface area contributed by atoms with Crippen LogP contribution in [0.25, 0.3) is 0 Å². The van der Waals surface area contributed by atoms with Gasteiger partial charge in [-0.25, -0.2) is 0 Å². The van der Waals surface area contributed by atoms with Gasteiger partial charge in [0, 0.05) is 23.2 Å². The lowest BCUT2D eigenvalue weighted by atomic mass is 10.2. The average Bonchev–Trinajstić information content (AvgIpc) is 3.20. The minimum Gasteiger partial charge on any atom is -0.496 e. The first-order valence-electron chi connectivity index (χ1n) is 6.47. The highest BCUT2D eigenvalue weighted by atomic mass is 35.5. The Bertz CT molecular complexity index is 461. The SMILES string of the molecule is COc1cccc(Cl)c1CNC(C)C(=O)NC1CC1. The van der Waals surface area contributed by atoms with Gasteiger partial charge in [0.1, 0.15) is 5.75 Å². The molecule has 0 heterocycles. The number of amides is 1. The van der Waals surface area contributed by atoms with Crippen LogP contribution < -0.4 is 15.4 Å². The van der Waals surface area contributed by atoms with E-state index in [1.54, 1.807) is 7.11 Å². The molecule has 1 aromatic rings. The first-order chi connectivity index (χ1) is 9.11. The molecule has 0 aromatic heterocycles. The molecule has 0 bridgehead atoms. The highest BCUT2D eigenvalue weighted by Crippen LogP contribution is 2.26. The van der Waals surface area contributed by atoms with Crippen molar-refractivity contribution in [2.75, 3.05) is 7.11 Å².